The van der Waals surface area contributed by atoms with Crippen molar-refractivity contribution >= 4 is 0 Å². The Bertz CT molecular complexity index is 513. The highest BCUT2D eigenvalue weighted by Gasteiger charge is 2.01. The molecule has 0 fully saturated rings. The van der Waals surface area contributed by atoms with Crippen LogP contribution in [0.25, 0.3) is 0 Å². The van der Waals surface area contributed by atoms with Gasteiger partial charge < -0.3 is 10.1 Å². The van der Waals surface area contributed by atoms with Gasteiger partial charge >= 0.3 is 0 Å². The number of hydrogen-bond donors (Lipinski definition) is 1. The SMILES string of the molecule is Cc1ccc(F)cc1OCCNCc1ccccc1. The molecule has 2 rings (SSSR count). The van der Waals surface area contributed by atoms with Crippen LogP contribution in [0.15, 0.2) is 48.5 Å². The maximum absolute atomic E-state index is 13.0. The zero-order valence-corrected chi connectivity index (χ0v) is 11.0. The molecule has 100 valence electrons. The standard InChI is InChI=1S/C16H18FNO/c1-13-7-8-15(17)11-16(13)19-10-9-18-12-14-5-3-2-4-6-14/h2-8,11,18H,9-10,12H2,1H3. The molecule has 0 radical (unpaired) electrons. The fourth-order valence-electron chi connectivity index (χ4n) is 1.79. The van der Waals surface area contributed by atoms with Crippen molar-refractivity contribution in [3.05, 3.63) is 65.5 Å². The zero-order chi connectivity index (χ0) is 13.5. The third kappa shape index (κ3) is 4.38. The van der Waals surface area contributed by atoms with Gasteiger partial charge in [0.25, 0.3) is 0 Å². The first kappa shape index (κ1) is 13.6. The molecule has 0 spiro atoms. The smallest absolute Gasteiger partial charge is 0.126 e. The molecule has 0 saturated heterocycles. The molecule has 19 heavy (non-hydrogen) atoms. The average Bonchev–Trinajstić information content (AvgIpc) is 2.43. The maximum Gasteiger partial charge on any atom is 0.126 e. The van der Waals surface area contributed by atoms with Crippen LogP contribution in [0.3, 0.4) is 0 Å². The van der Waals surface area contributed by atoms with Gasteiger partial charge in [0.05, 0.1) is 0 Å². The van der Waals surface area contributed by atoms with Gasteiger partial charge in [0, 0.05) is 19.2 Å². The van der Waals surface area contributed by atoms with E-state index in [0.717, 1.165) is 18.7 Å². The summed E-state index contributed by atoms with van der Waals surface area (Å²) in [6, 6.07) is 14.8. The minimum Gasteiger partial charge on any atom is -0.492 e. The van der Waals surface area contributed by atoms with Crippen LogP contribution >= 0.6 is 0 Å². The van der Waals surface area contributed by atoms with Gasteiger partial charge in [-0.15, -0.1) is 0 Å². The van der Waals surface area contributed by atoms with Gasteiger partial charge in [0.2, 0.25) is 0 Å². The van der Waals surface area contributed by atoms with Crippen LogP contribution in [-0.2, 0) is 6.54 Å². The summed E-state index contributed by atoms with van der Waals surface area (Å²) in [5.74, 6) is 0.347. The lowest BCUT2D eigenvalue weighted by molar-refractivity contribution is 0.310. The Morgan fingerprint density at radius 2 is 1.89 bits per heavy atom. The highest BCUT2D eigenvalue weighted by Crippen LogP contribution is 2.18. The summed E-state index contributed by atoms with van der Waals surface area (Å²) in [5.41, 5.74) is 2.19. The van der Waals surface area contributed by atoms with Crippen LogP contribution < -0.4 is 10.1 Å². The molecule has 0 saturated carbocycles. The summed E-state index contributed by atoms with van der Waals surface area (Å²) in [7, 11) is 0. The van der Waals surface area contributed by atoms with E-state index in [9.17, 15) is 4.39 Å². The fraction of sp³-hybridized carbons (Fsp3) is 0.250. The second-order valence-corrected chi connectivity index (χ2v) is 4.42. The lowest BCUT2D eigenvalue weighted by atomic mass is 10.2. The summed E-state index contributed by atoms with van der Waals surface area (Å²) < 4.78 is 18.6. The second kappa shape index (κ2) is 6.90. The van der Waals surface area contributed by atoms with Crippen molar-refractivity contribution in [1.82, 2.24) is 5.32 Å². The summed E-state index contributed by atoms with van der Waals surface area (Å²) in [6.45, 7) is 3.97. The van der Waals surface area contributed by atoms with E-state index in [1.807, 2.05) is 25.1 Å². The third-order valence-electron chi connectivity index (χ3n) is 2.86. The highest BCUT2D eigenvalue weighted by atomic mass is 19.1. The third-order valence-corrected chi connectivity index (χ3v) is 2.86. The van der Waals surface area contributed by atoms with Crippen LogP contribution in [0.1, 0.15) is 11.1 Å². The van der Waals surface area contributed by atoms with E-state index in [1.54, 1.807) is 6.07 Å². The number of rotatable bonds is 6. The summed E-state index contributed by atoms with van der Waals surface area (Å²) in [5, 5.41) is 3.29. The number of aryl methyl sites for hydroxylation is 1. The van der Waals surface area contributed by atoms with Gasteiger partial charge in [0.1, 0.15) is 18.2 Å². The van der Waals surface area contributed by atoms with Crippen molar-refractivity contribution in [3.63, 3.8) is 0 Å². The van der Waals surface area contributed by atoms with Crippen molar-refractivity contribution in [2.75, 3.05) is 13.2 Å². The van der Waals surface area contributed by atoms with Crippen LogP contribution in [0, 0.1) is 12.7 Å². The van der Waals surface area contributed by atoms with Crippen LogP contribution in [0.5, 0.6) is 5.75 Å². The van der Waals surface area contributed by atoms with E-state index in [-0.39, 0.29) is 5.82 Å². The number of hydrogen-bond acceptors (Lipinski definition) is 2. The molecular formula is C16H18FNO. The Morgan fingerprint density at radius 3 is 2.68 bits per heavy atom. The Balaban J connectivity index is 1.71. The molecule has 0 aliphatic rings. The van der Waals surface area contributed by atoms with Crippen molar-refractivity contribution in [3.8, 4) is 5.75 Å². The minimum atomic E-state index is -0.266. The Labute approximate surface area is 113 Å². The molecule has 0 bridgehead atoms. The Morgan fingerprint density at radius 1 is 1.11 bits per heavy atom. The maximum atomic E-state index is 13.0. The minimum absolute atomic E-state index is 0.266. The van der Waals surface area contributed by atoms with E-state index in [4.69, 9.17) is 4.74 Å². The first-order chi connectivity index (χ1) is 9.25. The second-order valence-electron chi connectivity index (χ2n) is 4.42. The van der Waals surface area contributed by atoms with Gasteiger partial charge in [-0.1, -0.05) is 36.4 Å². The van der Waals surface area contributed by atoms with Gasteiger partial charge in [-0.05, 0) is 24.1 Å². The van der Waals surface area contributed by atoms with Crippen molar-refractivity contribution in [2.45, 2.75) is 13.5 Å². The molecule has 0 heterocycles. The van der Waals surface area contributed by atoms with Crippen LogP contribution in [0.2, 0.25) is 0 Å². The van der Waals surface area contributed by atoms with Gasteiger partial charge in [-0.3, -0.25) is 0 Å². The van der Waals surface area contributed by atoms with Crippen molar-refractivity contribution in [1.29, 1.82) is 0 Å². The lowest BCUT2D eigenvalue weighted by Gasteiger charge is -2.10. The molecule has 0 aliphatic heterocycles. The van der Waals surface area contributed by atoms with Crippen LogP contribution in [-0.4, -0.2) is 13.2 Å². The zero-order valence-electron chi connectivity index (χ0n) is 11.0. The fourth-order valence-corrected chi connectivity index (χ4v) is 1.79. The van der Waals surface area contributed by atoms with E-state index in [0.29, 0.717) is 12.4 Å². The molecule has 0 amide bonds. The summed E-state index contributed by atoms with van der Waals surface area (Å²) >= 11 is 0. The predicted molar refractivity (Wildman–Crippen MR) is 74.8 cm³/mol. The van der Waals surface area contributed by atoms with Crippen molar-refractivity contribution < 1.29 is 9.13 Å². The van der Waals surface area contributed by atoms with Crippen molar-refractivity contribution in [2.24, 2.45) is 0 Å². The number of benzene rings is 2. The first-order valence-electron chi connectivity index (χ1n) is 6.39. The van der Waals surface area contributed by atoms with Gasteiger partial charge in [-0.25, -0.2) is 4.39 Å². The van der Waals surface area contributed by atoms with E-state index >= 15 is 0 Å². The Kier molecular flexibility index (Phi) is 4.93. The summed E-state index contributed by atoms with van der Waals surface area (Å²) in [6.07, 6.45) is 0. The normalized spacial score (nSPS) is 10.4. The molecule has 0 aliphatic carbocycles. The molecule has 1 N–H and O–H groups in total. The largest absolute Gasteiger partial charge is 0.492 e. The molecule has 2 aromatic rings. The quantitative estimate of drug-likeness (QED) is 0.804. The van der Waals surface area contributed by atoms with Crippen LogP contribution in [0.4, 0.5) is 4.39 Å². The topological polar surface area (TPSA) is 21.3 Å². The molecule has 0 atom stereocenters. The van der Waals surface area contributed by atoms with E-state index in [1.165, 1.54) is 17.7 Å². The highest BCUT2D eigenvalue weighted by molar-refractivity contribution is 5.32. The predicted octanol–water partition coefficient (Wildman–Crippen LogP) is 3.30. The number of nitrogens with one attached hydrogen (secondary N) is 1. The first-order valence-corrected chi connectivity index (χ1v) is 6.39. The van der Waals surface area contributed by atoms with Gasteiger partial charge in [0.15, 0.2) is 0 Å². The molecule has 3 heteroatoms. The van der Waals surface area contributed by atoms with E-state index in [2.05, 4.69) is 17.4 Å². The molecule has 2 aromatic carbocycles. The monoisotopic (exact) mass is 259 g/mol. The molecule has 2 nitrogen and oxygen atoms in total. The van der Waals surface area contributed by atoms with E-state index < -0.39 is 0 Å². The molecular weight excluding hydrogens is 241 g/mol. The lowest BCUT2D eigenvalue weighted by Crippen LogP contribution is -2.20. The Hall–Kier alpha value is -1.87. The molecule has 0 unspecified atom stereocenters. The molecule has 0 aromatic heterocycles. The average molecular weight is 259 g/mol. The van der Waals surface area contributed by atoms with Gasteiger partial charge in [-0.2, -0.15) is 0 Å². The summed E-state index contributed by atoms with van der Waals surface area (Å²) in [4.78, 5) is 0. The number of ether oxygens (including phenoxy) is 1. The number of halogens is 1.